The van der Waals surface area contributed by atoms with Gasteiger partial charge < -0.3 is 5.32 Å². The van der Waals surface area contributed by atoms with Crippen molar-refractivity contribution in [2.24, 2.45) is 0 Å². The van der Waals surface area contributed by atoms with Crippen LogP contribution in [0.5, 0.6) is 0 Å². The molecule has 0 fully saturated rings. The fourth-order valence-corrected chi connectivity index (χ4v) is 1.37. The zero-order chi connectivity index (χ0) is 13.0. The topological polar surface area (TPSA) is 59.8 Å². The number of amides is 1. The van der Waals surface area contributed by atoms with Crippen LogP contribution in [0.3, 0.4) is 0 Å². The molecule has 0 radical (unpaired) electrons. The maximum Gasteiger partial charge on any atom is 0.273 e. The Morgan fingerprint density at radius 1 is 1.39 bits per heavy atom. The normalized spacial score (nSPS) is 10.1. The quantitative estimate of drug-likeness (QED) is 0.828. The van der Waals surface area contributed by atoms with Crippen molar-refractivity contribution < 1.29 is 4.79 Å². The fraction of sp³-hybridized carbons (Fsp3) is 0.154. The Kier molecular flexibility index (Phi) is 3.52. The average molecular weight is 242 g/mol. The first kappa shape index (κ1) is 12.0. The molecule has 0 bridgehead atoms. The highest BCUT2D eigenvalue weighted by Crippen LogP contribution is 2.04. The summed E-state index contributed by atoms with van der Waals surface area (Å²) in [5.41, 5.74) is 2.00. The highest BCUT2D eigenvalue weighted by atomic mass is 16.2. The zero-order valence-electron chi connectivity index (χ0n) is 10.1. The molecule has 1 heterocycles. The molecule has 0 unspecified atom stereocenters. The van der Waals surface area contributed by atoms with E-state index >= 15 is 0 Å². The zero-order valence-corrected chi connectivity index (χ0v) is 10.1. The smallest absolute Gasteiger partial charge is 0.273 e. The number of nitrogens with one attached hydrogen (secondary N) is 1. The Bertz CT molecular complexity index is 559. The summed E-state index contributed by atoms with van der Waals surface area (Å²) < 4.78 is 0. The monoisotopic (exact) mass is 242 g/mol. The molecular weight excluding hydrogens is 228 g/mol. The molecular formula is C13H14N4O. The Labute approximate surface area is 105 Å². The first-order chi connectivity index (χ1) is 8.66. The van der Waals surface area contributed by atoms with Gasteiger partial charge in [0.1, 0.15) is 0 Å². The SMILES string of the molecule is C=C(C)CNC(=O)c1cnn(-c2ccccc2)n1. The number of carbonyl (C=O) groups excluding carboxylic acids is 1. The first-order valence-electron chi connectivity index (χ1n) is 5.57. The predicted octanol–water partition coefficient (Wildman–Crippen LogP) is 1.57. The second-order valence-electron chi connectivity index (χ2n) is 3.99. The third kappa shape index (κ3) is 2.82. The van der Waals surface area contributed by atoms with Crippen molar-refractivity contribution in [1.82, 2.24) is 20.3 Å². The third-order valence-corrected chi connectivity index (χ3v) is 2.26. The second-order valence-corrected chi connectivity index (χ2v) is 3.99. The Hall–Kier alpha value is -2.43. The van der Waals surface area contributed by atoms with Crippen LogP contribution < -0.4 is 5.32 Å². The van der Waals surface area contributed by atoms with Gasteiger partial charge in [0.15, 0.2) is 5.69 Å². The molecule has 0 spiro atoms. The summed E-state index contributed by atoms with van der Waals surface area (Å²) in [5, 5.41) is 10.9. The summed E-state index contributed by atoms with van der Waals surface area (Å²) in [6, 6.07) is 9.43. The Morgan fingerprint density at radius 3 is 2.78 bits per heavy atom. The van der Waals surface area contributed by atoms with Gasteiger partial charge in [-0.25, -0.2) is 0 Å². The molecule has 0 saturated carbocycles. The van der Waals surface area contributed by atoms with Crippen LogP contribution in [0.2, 0.25) is 0 Å². The van der Waals surface area contributed by atoms with Crippen molar-refractivity contribution in [3.63, 3.8) is 0 Å². The maximum atomic E-state index is 11.7. The molecule has 18 heavy (non-hydrogen) atoms. The van der Waals surface area contributed by atoms with Gasteiger partial charge in [-0.2, -0.15) is 9.90 Å². The molecule has 5 heteroatoms. The molecule has 0 aliphatic carbocycles. The van der Waals surface area contributed by atoms with Crippen LogP contribution in [0.15, 0.2) is 48.7 Å². The molecule has 0 atom stereocenters. The average Bonchev–Trinajstić information content (AvgIpc) is 2.86. The van der Waals surface area contributed by atoms with E-state index < -0.39 is 0 Å². The van der Waals surface area contributed by atoms with E-state index in [0.29, 0.717) is 12.2 Å². The summed E-state index contributed by atoms with van der Waals surface area (Å²) in [7, 11) is 0. The largest absolute Gasteiger partial charge is 0.347 e. The van der Waals surface area contributed by atoms with Crippen LogP contribution in [0.4, 0.5) is 0 Å². The van der Waals surface area contributed by atoms with Gasteiger partial charge in [0.2, 0.25) is 0 Å². The molecule has 1 aromatic heterocycles. The predicted molar refractivity (Wildman–Crippen MR) is 68.5 cm³/mol. The molecule has 1 amide bonds. The highest BCUT2D eigenvalue weighted by molar-refractivity contribution is 5.91. The van der Waals surface area contributed by atoms with Gasteiger partial charge in [-0.1, -0.05) is 30.4 Å². The molecule has 92 valence electrons. The van der Waals surface area contributed by atoms with Crippen molar-refractivity contribution in [2.75, 3.05) is 6.54 Å². The Balaban J connectivity index is 2.11. The van der Waals surface area contributed by atoms with Crippen molar-refractivity contribution in [2.45, 2.75) is 6.92 Å². The van der Waals surface area contributed by atoms with E-state index in [-0.39, 0.29) is 5.91 Å². The number of rotatable bonds is 4. The molecule has 5 nitrogen and oxygen atoms in total. The van der Waals surface area contributed by atoms with Crippen molar-refractivity contribution in [3.8, 4) is 5.69 Å². The summed E-state index contributed by atoms with van der Waals surface area (Å²) >= 11 is 0. The highest BCUT2D eigenvalue weighted by Gasteiger charge is 2.10. The van der Waals surface area contributed by atoms with Gasteiger partial charge in [0.25, 0.3) is 5.91 Å². The van der Waals surface area contributed by atoms with Gasteiger partial charge in [-0.15, -0.1) is 5.10 Å². The molecule has 0 aliphatic rings. The van der Waals surface area contributed by atoms with Crippen molar-refractivity contribution >= 4 is 5.91 Å². The van der Waals surface area contributed by atoms with E-state index in [2.05, 4.69) is 22.1 Å². The lowest BCUT2D eigenvalue weighted by Crippen LogP contribution is -2.25. The van der Waals surface area contributed by atoms with E-state index in [1.807, 2.05) is 37.3 Å². The molecule has 1 N–H and O–H groups in total. The first-order valence-corrected chi connectivity index (χ1v) is 5.57. The summed E-state index contributed by atoms with van der Waals surface area (Å²) in [4.78, 5) is 13.2. The number of hydrogen-bond donors (Lipinski definition) is 1. The third-order valence-electron chi connectivity index (χ3n) is 2.26. The number of hydrogen-bond acceptors (Lipinski definition) is 3. The molecule has 2 rings (SSSR count). The number of benzene rings is 1. The molecule has 1 aromatic carbocycles. The van der Waals surface area contributed by atoms with E-state index in [1.54, 1.807) is 0 Å². The fourth-order valence-electron chi connectivity index (χ4n) is 1.37. The van der Waals surface area contributed by atoms with Crippen molar-refractivity contribution in [3.05, 3.63) is 54.4 Å². The number of carbonyl (C=O) groups is 1. The van der Waals surface area contributed by atoms with E-state index in [1.165, 1.54) is 11.0 Å². The van der Waals surface area contributed by atoms with Crippen LogP contribution in [0.25, 0.3) is 5.69 Å². The van der Waals surface area contributed by atoms with Gasteiger partial charge >= 0.3 is 0 Å². The van der Waals surface area contributed by atoms with Crippen LogP contribution in [-0.4, -0.2) is 27.4 Å². The second kappa shape index (κ2) is 5.27. The summed E-state index contributed by atoms with van der Waals surface area (Å²) in [6.45, 7) is 6.01. The van der Waals surface area contributed by atoms with Gasteiger partial charge in [0, 0.05) is 6.54 Å². The maximum absolute atomic E-state index is 11.7. The number of para-hydroxylation sites is 1. The Morgan fingerprint density at radius 2 is 2.11 bits per heavy atom. The molecule has 2 aromatic rings. The van der Waals surface area contributed by atoms with Gasteiger partial charge in [0.05, 0.1) is 11.9 Å². The van der Waals surface area contributed by atoms with Crippen LogP contribution in [0.1, 0.15) is 17.4 Å². The van der Waals surface area contributed by atoms with Crippen LogP contribution >= 0.6 is 0 Å². The van der Waals surface area contributed by atoms with Gasteiger partial charge in [-0.05, 0) is 19.1 Å². The van der Waals surface area contributed by atoms with Crippen molar-refractivity contribution in [1.29, 1.82) is 0 Å². The minimum atomic E-state index is -0.250. The lowest BCUT2D eigenvalue weighted by molar-refractivity contribution is 0.0951. The summed E-state index contributed by atoms with van der Waals surface area (Å²) in [5.74, 6) is -0.250. The van der Waals surface area contributed by atoms with E-state index in [4.69, 9.17) is 0 Å². The number of aromatic nitrogens is 3. The molecule has 0 saturated heterocycles. The summed E-state index contributed by atoms with van der Waals surface area (Å²) in [6.07, 6.45) is 1.45. The minimum absolute atomic E-state index is 0.250. The lowest BCUT2D eigenvalue weighted by Gasteiger charge is -2.01. The minimum Gasteiger partial charge on any atom is -0.347 e. The standard InChI is InChI=1S/C13H14N4O/c1-10(2)8-14-13(18)12-9-15-17(16-12)11-6-4-3-5-7-11/h3-7,9H,1,8H2,2H3,(H,14,18). The van der Waals surface area contributed by atoms with Crippen LogP contribution in [-0.2, 0) is 0 Å². The number of nitrogens with zero attached hydrogens (tertiary/aromatic N) is 3. The van der Waals surface area contributed by atoms with Crippen LogP contribution in [0, 0.1) is 0 Å². The van der Waals surface area contributed by atoms with E-state index in [0.717, 1.165) is 11.3 Å². The van der Waals surface area contributed by atoms with Gasteiger partial charge in [-0.3, -0.25) is 4.79 Å². The molecule has 0 aliphatic heterocycles. The van der Waals surface area contributed by atoms with E-state index in [9.17, 15) is 4.79 Å². The lowest BCUT2D eigenvalue weighted by atomic mass is 10.3.